The summed E-state index contributed by atoms with van der Waals surface area (Å²) in [5.41, 5.74) is 2.49. The number of aliphatic hydroxyl groups excluding tert-OH is 1. The Morgan fingerprint density at radius 2 is 2.00 bits per heavy atom. The van der Waals surface area contributed by atoms with E-state index in [1.807, 2.05) is 13.8 Å². The molecule has 0 saturated heterocycles. The van der Waals surface area contributed by atoms with Crippen LogP contribution in [0.3, 0.4) is 0 Å². The van der Waals surface area contributed by atoms with E-state index in [1.54, 1.807) is 0 Å². The summed E-state index contributed by atoms with van der Waals surface area (Å²) in [5.74, 6) is 0.798. The first-order chi connectivity index (χ1) is 10.2. The summed E-state index contributed by atoms with van der Waals surface area (Å²) in [6.07, 6.45) is 5.48. The second-order valence-corrected chi connectivity index (χ2v) is 5.66. The molecule has 0 bridgehead atoms. The monoisotopic (exact) mass is 288 g/mol. The lowest BCUT2D eigenvalue weighted by Gasteiger charge is -2.27. The Hall–Kier alpha value is -1.67. The van der Waals surface area contributed by atoms with Gasteiger partial charge in [-0.2, -0.15) is 10.4 Å². The number of nitriles is 1. The van der Waals surface area contributed by atoms with Gasteiger partial charge in [0.15, 0.2) is 5.82 Å². The van der Waals surface area contributed by atoms with Gasteiger partial charge in [-0.3, -0.25) is 0 Å². The van der Waals surface area contributed by atoms with Crippen LogP contribution in [0.15, 0.2) is 0 Å². The summed E-state index contributed by atoms with van der Waals surface area (Å²) in [7, 11) is 0. The molecule has 2 rings (SSSR count). The summed E-state index contributed by atoms with van der Waals surface area (Å²) >= 11 is 0. The normalized spacial score (nSPS) is 21.8. The molecule has 0 radical (unpaired) electrons. The second kappa shape index (κ2) is 7.37. The van der Waals surface area contributed by atoms with Gasteiger partial charge in [-0.25, -0.2) is 0 Å². The van der Waals surface area contributed by atoms with Crippen LogP contribution in [-0.2, 0) is 12.8 Å². The molecule has 1 aliphatic rings. The maximum absolute atomic E-state index is 10.0. The van der Waals surface area contributed by atoms with Crippen molar-refractivity contribution < 1.29 is 5.11 Å². The highest BCUT2D eigenvalue weighted by molar-refractivity contribution is 5.56. The van der Waals surface area contributed by atoms with Gasteiger partial charge >= 0.3 is 0 Å². The van der Waals surface area contributed by atoms with Crippen molar-refractivity contribution in [3.8, 4) is 6.07 Å². The Kier molecular flexibility index (Phi) is 5.51. The van der Waals surface area contributed by atoms with Gasteiger partial charge in [0.1, 0.15) is 11.6 Å². The van der Waals surface area contributed by atoms with Crippen LogP contribution in [-0.4, -0.2) is 28.0 Å². The van der Waals surface area contributed by atoms with Crippen molar-refractivity contribution in [1.82, 2.24) is 10.2 Å². The molecule has 0 aromatic carbocycles. The van der Waals surface area contributed by atoms with Crippen LogP contribution in [0.2, 0.25) is 0 Å². The molecule has 0 amide bonds. The Morgan fingerprint density at radius 1 is 1.24 bits per heavy atom. The molecule has 2 unspecified atom stereocenters. The molecule has 1 heterocycles. The average Bonchev–Trinajstić information content (AvgIpc) is 2.52. The number of hydrogen-bond donors (Lipinski definition) is 2. The lowest BCUT2D eigenvalue weighted by molar-refractivity contribution is 0.0763. The van der Waals surface area contributed by atoms with Gasteiger partial charge in [-0.05, 0) is 31.2 Å². The second-order valence-electron chi connectivity index (χ2n) is 5.66. The lowest BCUT2D eigenvalue weighted by atomic mass is 9.86. The molecule has 21 heavy (non-hydrogen) atoms. The first kappa shape index (κ1) is 15.7. The van der Waals surface area contributed by atoms with Gasteiger partial charge in [-0.15, -0.1) is 5.10 Å². The Bertz CT molecular complexity index is 524. The number of aliphatic hydroxyl groups is 1. The third-order valence-corrected chi connectivity index (χ3v) is 4.36. The summed E-state index contributed by atoms with van der Waals surface area (Å²) < 4.78 is 0. The molecule has 2 N–H and O–H groups in total. The number of aromatic nitrogens is 2. The summed E-state index contributed by atoms with van der Waals surface area (Å²) in [4.78, 5) is 0. The molecular weight excluding hydrogens is 264 g/mol. The van der Waals surface area contributed by atoms with Crippen LogP contribution in [0.4, 0.5) is 5.82 Å². The fourth-order valence-electron chi connectivity index (χ4n) is 3.07. The molecular formula is C16H24N4O. The molecule has 0 aliphatic heterocycles. The van der Waals surface area contributed by atoms with E-state index < -0.39 is 0 Å². The number of anilines is 1. The molecule has 1 fully saturated rings. The van der Waals surface area contributed by atoms with Crippen LogP contribution < -0.4 is 5.32 Å². The number of nitrogens with one attached hydrogen (secondary N) is 1. The van der Waals surface area contributed by atoms with E-state index in [0.717, 1.165) is 49.8 Å². The maximum Gasteiger partial charge on any atom is 0.166 e. The summed E-state index contributed by atoms with van der Waals surface area (Å²) in [5, 5.41) is 31.1. The largest absolute Gasteiger partial charge is 0.393 e. The van der Waals surface area contributed by atoms with Crippen molar-refractivity contribution in [3.05, 3.63) is 16.8 Å². The molecule has 114 valence electrons. The quantitative estimate of drug-likeness (QED) is 0.869. The SMILES string of the molecule is CCc1nnc(NCC2CCCCC2O)c(C#N)c1CC. The Labute approximate surface area is 126 Å². The molecule has 1 aromatic rings. The van der Waals surface area contributed by atoms with Gasteiger partial charge in [0.05, 0.1) is 11.8 Å². The molecule has 5 nitrogen and oxygen atoms in total. The minimum Gasteiger partial charge on any atom is -0.393 e. The zero-order valence-electron chi connectivity index (χ0n) is 12.9. The zero-order valence-corrected chi connectivity index (χ0v) is 12.9. The third kappa shape index (κ3) is 3.51. The van der Waals surface area contributed by atoms with E-state index >= 15 is 0 Å². The van der Waals surface area contributed by atoms with Crippen molar-refractivity contribution in [2.24, 2.45) is 5.92 Å². The summed E-state index contributed by atoms with van der Waals surface area (Å²) in [6, 6.07) is 2.26. The van der Waals surface area contributed by atoms with Gasteiger partial charge < -0.3 is 10.4 Å². The minimum atomic E-state index is -0.245. The van der Waals surface area contributed by atoms with E-state index in [2.05, 4.69) is 21.6 Å². The van der Waals surface area contributed by atoms with E-state index in [9.17, 15) is 10.4 Å². The van der Waals surface area contributed by atoms with Crippen LogP contribution in [0.1, 0.15) is 56.4 Å². The first-order valence-electron chi connectivity index (χ1n) is 7.91. The average molecular weight is 288 g/mol. The highest BCUT2D eigenvalue weighted by Gasteiger charge is 2.23. The van der Waals surface area contributed by atoms with Crippen molar-refractivity contribution in [3.63, 3.8) is 0 Å². The van der Waals surface area contributed by atoms with Gasteiger partial charge in [0, 0.05) is 12.5 Å². The first-order valence-corrected chi connectivity index (χ1v) is 7.91. The number of hydrogen-bond acceptors (Lipinski definition) is 5. The van der Waals surface area contributed by atoms with Crippen LogP contribution in [0.5, 0.6) is 0 Å². The molecule has 1 aliphatic carbocycles. The Morgan fingerprint density at radius 3 is 2.62 bits per heavy atom. The lowest BCUT2D eigenvalue weighted by Crippen LogP contribution is -2.30. The minimum absolute atomic E-state index is 0.239. The fraction of sp³-hybridized carbons (Fsp3) is 0.688. The van der Waals surface area contributed by atoms with Gasteiger partial charge in [-0.1, -0.05) is 26.7 Å². The molecule has 1 aromatic heterocycles. The maximum atomic E-state index is 10.0. The van der Waals surface area contributed by atoms with Crippen molar-refractivity contribution in [2.75, 3.05) is 11.9 Å². The zero-order chi connectivity index (χ0) is 15.2. The van der Waals surface area contributed by atoms with Crippen molar-refractivity contribution >= 4 is 5.82 Å². The van der Waals surface area contributed by atoms with Crippen LogP contribution in [0, 0.1) is 17.2 Å². The smallest absolute Gasteiger partial charge is 0.166 e. The standard InChI is InChI=1S/C16H24N4O/c1-3-12-13(9-17)16(20-19-14(12)4-2)18-10-11-7-5-6-8-15(11)21/h11,15,21H,3-8,10H2,1-2H3,(H,18,20). The highest BCUT2D eigenvalue weighted by atomic mass is 16.3. The van der Waals surface area contributed by atoms with E-state index in [0.29, 0.717) is 17.9 Å². The molecule has 2 atom stereocenters. The number of nitrogens with zero attached hydrogens (tertiary/aromatic N) is 3. The van der Waals surface area contributed by atoms with E-state index in [4.69, 9.17) is 0 Å². The summed E-state index contributed by atoms with van der Waals surface area (Å²) in [6.45, 7) is 4.71. The highest BCUT2D eigenvalue weighted by Crippen LogP contribution is 2.26. The number of aryl methyl sites for hydroxylation is 1. The Balaban J connectivity index is 2.14. The van der Waals surface area contributed by atoms with Crippen molar-refractivity contribution in [1.29, 1.82) is 5.26 Å². The number of rotatable bonds is 5. The molecule has 1 saturated carbocycles. The van der Waals surface area contributed by atoms with Gasteiger partial charge in [0.25, 0.3) is 0 Å². The molecule has 5 heteroatoms. The predicted molar refractivity (Wildman–Crippen MR) is 82.0 cm³/mol. The van der Waals surface area contributed by atoms with Crippen LogP contribution >= 0.6 is 0 Å². The van der Waals surface area contributed by atoms with Crippen LogP contribution in [0.25, 0.3) is 0 Å². The van der Waals surface area contributed by atoms with Gasteiger partial charge in [0.2, 0.25) is 0 Å². The van der Waals surface area contributed by atoms with Crippen molar-refractivity contribution in [2.45, 2.75) is 58.5 Å². The molecule has 0 spiro atoms. The van der Waals surface area contributed by atoms with E-state index in [-0.39, 0.29) is 12.0 Å². The fourth-order valence-corrected chi connectivity index (χ4v) is 3.07. The topological polar surface area (TPSA) is 81.8 Å². The van der Waals surface area contributed by atoms with E-state index in [1.165, 1.54) is 0 Å². The predicted octanol–water partition coefficient (Wildman–Crippen LogP) is 2.44. The third-order valence-electron chi connectivity index (χ3n) is 4.36.